The van der Waals surface area contributed by atoms with Gasteiger partial charge in [-0.3, -0.25) is 20.9 Å². The minimum absolute atomic E-state index is 0.0278. The van der Waals surface area contributed by atoms with Crippen molar-refractivity contribution in [2.24, 2.45) is 23.2 Å². The summed E-state index contributed by atoms with van der Waals surface area (Å²) < 4.78 is 2.75. The van der Waals surface area contributed by atoms with Crippen LogP contribution < -0.4 is 16.0 Å². The van der Waals surface area contributed by atoms with Crippen molar-refractivity contribution in [3.63, 3.8) is 0 Å². The van der Waals surface area contributed by atoms with Gasteiger partial charge in [0.05, 0.1) is 24.6 Å². The molecule has 0 amide bonds. The minimum Gasteiger partial charge on any atom is -0.345 e. The summed E-state index contributed by atoms with van der Waals surface area (Å²) in [6, 6.07) is 4.61. The second kappa shape index (κ2) is 19.7. The zero-order valence-corrected chi connectivity index (χ0v) is 44.8. The minimum atomic E-state index is 0.0278. The van der Waals surface area contributed by atoms with Crippen LogP contribution in [0.15, 0.2) is 124 Å². The molecule has 386 valence electrons. The molecule has 0 radical (unpaired) electrons. The Kier molecular flexibility index (Phi) is 12.7. The fourth-order valence-corrected chi connectivity index (χ4v) is 17.8. The van der Waals surface area contributed by atoms with Crippen molar-refractivity contribution in [2.75, 3.05) is 0 Å². The Balaban J connectivity index is 0.910. The van der Waals surface area contributed by atoms with E-state index in [0.29, 0.717) is 35.9 Å². The molecule has 2 fully saturated rings. The molecule has 1 aromatic rings. The zero-order valence-electron chi connectivity index (χ0n) is 44.8. The maximum atomic E-state index is 11.9. The Labute approximate surface area is 443 Å². The molecular formula is C67H83N7. The first kappa shape index (κ1) is 47.7. The van der Waals surface area contributed by atoms with Crippen LogP contribution in [0.2, 0.25) is 0 Å². The molecule has 7 nitrogen and oxygen atoms in total. The lowest BCUT2D eigenvalue weighted by Crippen LogP contribution is -2.72. The number of hydrogen-bond acceptors (Lipinski definition) is 6. The predicted octanol–water partition coefficient (Wildman–Crippen LogP) is 14.2. The van der Waals surface area contributed by atoms with Gasteiger partial charge in [-0.25, -0.2) is 0 Å². The lowest BCUT2D eigenvalue weighted by Gasteiger charge is -2.55. The van der Waals surface area contributed by atoms with E-state index >= 15 is 0 Å². The molecule has 11 atom stereocenters. The van der Waals surface area contributed by atoms with E-state index in [1.54, 1.807) is 39.2 Å². The molecular weight excluding hydrogens is 903 g/mol. The van der Waals surface area contributed by atoms with E-state index in [-0.39, 0.29) is 35.9 Å². The average Bonchev–Trinajstić information content (AvgIpc) is 4.08. The van der Waals surface area contributed by atoms with E-state index in [9.17, 15) is 5.26 Å². The van der Waals surface area contributed by atoms with Gasteiger partial charge >= 0.3 is 0 Å². The topological polar surface area (TPSA) is 71.3 Å². The van der Waals surface area contributed by atoms with E-state index < -0.39 is 0 Å². The highest BCUT2D eigenvalue weighted by molar-refractivity contribution is 5.77. The van der Waals surface area contributed by atoms with Gasteiger partial charge in [0.1, 0.15) is 0 Å². The van der Waals surface area contributed by atoms with Crippen molar-refractivity contribution in [1.82, 2.24) is 30.3 Å². The molecule has 1 aromatic heterocycles. The Morgan fingerprint density at radius 1 is 0.622 bits per heavy atom. The number of likely N-dealkylation sites (tertiary alicyclic amines) is 1. The number of nitrogens with zero attached hydrogens (tertiary/aromatic N) is 4. The third-order valence-electron chi connectivity index (χ3n) is 21.2. The summed E-state index contributed by atoms with van der Waals surface area (Å²) in [5, 5.41) is 24.9. The van der Waals surface area contributed by atoms with Crippen LogP contribution in [0.3, 0.4) is 0 Å². The maximum absolute atomic E-state index is 11.9. The molecule has 0 aromatic carbocycles. The van der Waals surface area contributed by atoms with Crippen LogP contribution in [0.4, 0.5) is 0 Å². The van der Waals surface area contributed by atoms with Gasteiger partial charge in [0, 0.05) is 81.9 Å². The fraction of sp³-hybridized carbons (Fsp3) is 0.567. The maximum Gasteiger partial charge on any atom is 0.0965 e. The van der Waals surface area contributed by atoms with Gasteiger partial charge in [0.25, 0.3) is 0 Å². The summed E-state index contributed by atoms with van der Waals surface area (Å²) in [5.74, 6) is 1.71. The first-order valence-corrected chi connectivity index (χ1v) is 30.2. The van der Waals surface area contributed by atoms with E-state index in [4.69, 9.17) is 0 Å². The number of rotatable bonds is 7. The first-order valence-electron chi connectivity index (χ1n) is 30.2. The third-order valence-corrected chi connectivity index (χ3v) is 21.2. The average molecular weight is 986 g/mol. The zero-order chi connectivity index (χ0) is 49.5. The second-order valence-electron chi connectivity index (χ2n) is 25.3. The van der Waals surface area contributed by atoms with Crippen LogP contribution in [-0.2, 0) is 6.42 Å². The van der Waals surface area contributed by atoms with E-state index in [0.717, 1.165) is 82.6 Å². The van der Waals surface area contributed by atoms with Crippen LogP contribution in [-0.4, -0.2) is 57.0 Å². The molecule has 14 rings (SSSR count). The molecule has 3 N–H and O–H groups in total. The van der Waals surface area contributed by atoms with Crippen LogP contribution >= 0.6 is 0 Å². The molecule has 11 unspecified atom stereocenters. The molecule has 7 heteroatoms. The molecule has 3 aliphatic heterocycles. The third kappa shape index (κ3) is 8.00. The lowest BCUT2D eigenvalue weighted by atomic mass is 9.65. The lowest BCUT2D eigenvalue weighted by molar-refractivity contribution is 0.0774. The van der Waals surface area contributed by atoms with Crippen LogP contribution in [0.5, 0.6) is 0 Å². The monoisotopic (exact) mass is 986 g/mol. The highest BCUT2D eigenvalue weighted by Crippen LogP contribution is 2.58. The van der Waals surface area contributed by atoms with Gasteiger partial charge in [0.2, 0.25) is 0 Å². The fourth-order valence-electron chi connectivity index (χ4n) is 17.8. The number of hydrogen-bond donors (Lipinski definition) is 3. The van der Waals surface area contributed by atoms with Crippen molar-refractivity contribution in [2.45, 2.75) is 217 Å². The highest BCUT2D eigenvalue weighted by atomic mass is 15.4. The molecule has 13 aliphatic rings. The number of nitrogens with one attached hydrogen (secondary N) is 3. The predicted molar refractivity (Wildman–Crippen MR) is 303 cm³/mol. The molecule has 74 heavy (non-hydrogen) atoms. The van der Waals surface area contributed by atoms with E-state index in [1.807, 2.05) is 0 Å². The summed E-state index contributed by atoms with van der Waals surface area (Å²) in [7, 11) is 0. The Bertz CT molecular complexity index is 2830. The standard InChI is InChI=1S/C67H83N7/c1-67(2)52-31-14-18-35-56(52)74(57-36-19-15-32-53(57)67)61-41-60(73-55-34-17-13-30-50(55)63-59(73)38-37-58-62(63)49-29-12-16-33-54(49)72(58)48-27-10-5-11-28-48)47(42-68)40-51(61)66-70-64(44-23-8-4-9-24-44)69-65(71-66)46-26-20-25-45(39-46)43-21-6-3-7-22-43/h3-4,6,8,10,13,16,21,23,25,27,30,33,37-38,46,48-49,51,54,58,61-62,64-66,69-71H,5,7,9,11-12,14-15,17-20,22,24,26,28-29,31-32,34-36,39-41H2,1-2H3. The number of allylic oxidation sites excluding steroid dienone is 17. The second-order valence-corrected chi connectivity index (χ2v) is 25.3. The van der Waals surface area contributed by atoms with Crippen LogP contribution in [0.1, 0.15) is 190 Å². The normalized spacial score (nSPS) is 36.3. The summed E-state index contributed by atoms with van der Waals surface area (Å²) >= 11 is 0. The number of nitriles is 1. The van der Waals surface area contributed by atoms with Crippen LogP contribution in [0, 0.1) is 34.5 Å². The molecule has 0 spiro atoms. The smallest absolute Gasteiger partial charge is 0.0965 e. The highest BCUT2D eigenvalue weighted by Gasteiger charge is 2.54. The molecule has 4 heterocycles. The first-order chi connectivity index (χ1) is 36.4. The molecule has 10 aliphatic carbocycles. The Morgan fingerprint density at radius 2 is 1.41 bits per heavy atom. The number of aromatic nitrogens is 1. The molecule has 0 saturated carbocycles. The Hall–Kier alpha value is -4.71. The molecule has 2 saturated heterocycles. The molecule has 0 bridgehead atoms. The van der Waals surface area contributed by atoms with E-state index in [2.05, 4.69) is 141 Å². The van der Waals surface area contributed by atoms with Crippen LogP contribution in [0.25, 0.3) is 17.8 Å². The largest absolute Gasteiger partial charge is 0.345 e. The van der Waals surface area contributed by atoms with Crippen molar-refractivity contribution in [1.29, 1.82) is 5.26 Å². The quantitative estimate of drug-likeness (QED) is 0.237. The van der Waals surface area contributed by atoms with Crippen molar-refractivity contribution >= 4 is 17.8 Å². The van der Waals surface area contributed by atoms with Gasteiger partial charge in [0.15, 0.2) is 0 Å². The summed E-state index contributed by atoms with van der Waals surface area (Å²) in [5.41, 5.74) is 19.7. The van der Waals surface area contributed by atoms with Gasteiger partial charge in [-0.15, -0.1) is 0 Å². The SMILES string of the molecule is CC1(C)C2=C(CCCC2)N(C2CC(n3c4c(c5c3CCC=C5)C3C5CCC=CC5N(C5C=CCCC5)C3C=C4)=C(C#N)CC2C2NC(C3=CC=CCC3)NC(C3CCC=C(C4=CC=CCC4)C3)N2)C2=C1CCCC2. The summed E-state index contributed by atoms with van der Waals surface area (Å²) in [6.07, 6.45) is 64.8. The van der Waals surface area contributed by atoms with Gasteiger partial charge in [-0.1, -0.05) is 98.9 Å². The van der Waals surface area contributed by atoms with Gasteiger partial charge in [-0.05, 0) is 205 Å². The van der Waals surface area contributed by atoms with Crippen molar-refractivity contribution in [3.05, 3.63) is 146 Å². The van der Waals surface area contributed by atoms with Crippen molar-refractivity contribution < 1.29 is 0 Å². The van der Waals surface area contributed by atoms with E-state index in [1.165, 1.54) is 105 Å². The number of fused-ring (bicyclic) bond motifs is 7. The summed E-state index contributed by atoms with van der Waals surface area (Å²) in [6.45, 7) is 5.17. The van der Waals surface area contributed by atoms with Gasteiger partial charge in [-0.2, -0.15) is 5.26 Å². The van der Waals surface area contributed by atoms with Gasteiger partial charge < -0.3 is 9.47 Å². The summed E-state index contributed by atoms with van der Waals surface area (Å²) in [4.78, 5) is 5.98. The Morgan fingerprint density at radius 3 is 2.18 bits per heavy atom. The van der Waals surface area contributed by atoms with Crippen molar-refractivity contribution in [3.8, 4) is 6.07 Å².